The molecule has 0 amide bonds. The molecule has 0 unspecified atom stereocenters. The number of rotatable bonds is 5. The van der Waals surface area contributed by atoms with Crippen LogP contribution in [0.2, 0.25) is 5.02 Å². The molecule has 0 saturated heterocycles. The van der Waals surface area contributed by atoms with E-state index in [1.54, 1.807) is 18.5 Å². The monoisotopic (exact) mass is 320 g/mol. The zero-order chi connectivity index (χ0) is 14.7. The summed E-state index contributed by atoms with van der Waals surface area (Å²) in [5.41, 5.74) is 0.708. The van der Waals surface area contributed by atoms with Crippen molar-refractivity contribution in [3.8, 4) is 0 Å². The second-order valence-electron chi connectivity index (χ2n) is 4.33. The minimum Gasteiger partial charge on any atom is -0.354 e. The quantitative estimate of drug-likeness (QED) is 0.702. The van der Waals surface area contributed by atoms with Gasteiger partial charge >= 0.3 is 0 Å². The number of aromatic nitrogens is 5. The predicted molar refractivity (Wildman–Crippen MR) is 83.8 cm³/mol. The van der Waals surface area contributed by atoms with Gasteiger partial charge in [-0.05, 0) is 30.3 Å². The third-order valence-electron chi connectivity index (χ3n) is 2.71. The summed E-state index contributed by atoms with van der Waals surface area (Å²) in [6, 6.07) is 3.67. The summed E-state index contributed by atoms with van der Waals surface area (Å²) in [6.45, 7) is 2.91. The average Bonchev–Trinajstić information content (AvgIpc) is 2.96. The van der Waals surface area contributed by atoms with Gasteiger partial charge in [0.25, 0.3) is 0 Å². The van der Waals surface area contributed by atoms with E-state index in [9.17, 15) is 0 Å². The lowest BCUT2D eigenvalue weighted by Gasteiger charge is -2.06. The summed E-state index contributed by atoms with van der Waals surface area (Å²) >= 11 is 7.31. The lowest BCUT2D eigenvalue weighted by molar-refractivity contribution is 0.943. The molecule has 0 aliphatic heterocycles. The molecule has 3 aromatic rings. The first kappa shape index (κ1) is 14.1. The zero-order valence-electron chi connectivity index (χ0n) is 11.3. The molecule has 3 heterocycles. The number of hydrogen-bond acceptors (Lipinski definition) is 6. The van der Waals surface area contributed by atoms with Gasteiger partial charge in [0.2, 0.25) is 5.95 Å². The Morgan fingerprint density at radius 1 is 1.29 bits per heavy atom. The first-order valence-corrected chi connectivity index (χ1v) is 7.70. The molecule has 0 saturated carbocycles. The Balaban J connectivity index is 1.95. The second kappa shape index (κ2) is 6.28. The van der Waals surface area contributed by atoms with Gasteiger partial charge in [0, 0.05) is 12.7 Å². The molecule has 21 heavy (non-hydrogen) atoms. The molecule has 3 rings (SSSR count). The topological polar surface area (TPSA) is 79.4 Å². The average molecular weight is 321 g/mol. The van der Waals surface area contributed by atoms with Crippen molar-refractivity contribution < 1.29 is 0 Å². The fraction of sp³-hybridized carbons (Fsp3) is 0.231. The number of hydrogen-bond donors (Lipinski definition) is 2. The van der Waals surface area contributed by atoms with E-state index >= 15 is 0 Å². The van der Waals surface area contributed by atoms with Crippen LogP contribution in [0.5, 0.6) is 0 Å². The molecule has 0 aromatic carbocycles. The molecule has 0 atom stereocenters. The van der Waals surface area contributed by atoms with Gasteiger partial charge in [-0.1, -0.05) is 18.5 Å². The van der Waals surface area contributed by atoms with Crippen LogP contribution in [0.3, 0.4) is 0 Å². The lowest BCUT2D eigenvalue weighted by Crippen LogP contribution is -2.05. The number of nitrogens with zero attached hydrogens (tertiary/aromatic N) is 4. The number of pyridine rings is 1. The van der Waals surface area contributed by atoms with Crippen LogP contribution in [-0.2, 0) is 0 Å². The van der Waals surface area contributed by atoms with Crippen molar-refractivity contribution in [2.24, 2.45) is 0 Å². The van der Waals surface area contributed by atoms with Crippen molar-refractivity contribution in [2.75, 3.05) is 11.9 Å². The highest BCUT2D eigenvalue weighted by Gasteiger charge is 2.11. The van der Waals surface area contributed by atoms with Crippen molar-refractivity contribution in [3.05, 3.63) is 29.5 Å². The first-order valence-electron chi connectivity index (χ1n) is 6.50. The molecule has 0 fully saturated rings. The molecule has 6 nitrogen and oxygen atoms in total. The molecule has 8 heteroatoms. The number of nitrogens with one attached hydrogen (secondary N) is 2. The van der Waals surface area contributed by atoms with E-state index in [1.165, 1.54) is 11.8 Å². The maximum absolute atomic E-state index is 5.85. The van der Waals surface area contributed by atoms with Gasteiger partial charge in [-0.15, -0.1) is 0 Å². The zero-order valence-corrected chi connectivity index (χ0v) is 12.9. The fourth-order valence-corrected chi connectivity index (χ4v) is 2.67. The molecule has 0 radical (unpaired) electrons. The summed E-state index contributed by atoms with van der Waals surface area (Å²) in [7, 11) is 0. The molecule has 2 N–H and O–H groups in total. The molecule has 0 aliphatic rings. The van der Waals surface area contributed by atoms with Crippen LogP contribution < -0.4 is 5.32 Å². The maximum Gasteiger partial charge on any atom is 0.225 e. The summed E-state index contributed by atoms with van der Waals surface area (Å²) in [6.07, 6.45) is 4.34. The Kier molecular flexibility index (Phi) is 4.21. The van der Waals surface area contributed by atoms with Crippen molar-refractivity contribution in [2.45, 2.75) is 23.4 Å². The normalized spacial score (nSPS) is 11.0. The molecule has 3 aromatic heterocycles. The van der Waals surface area contributed by atoms with Crippen LogP contribution in [0.4, 0.5) is 5.95 Å². The van der Waals surface area contributed by atoms with Gasteiger partial charge in [-0.25, -0.2) is 9.97 Å². The van der Waals surface area contributed by atoms with Crippen molar-refractivity contribution >= 4 is 40.3 Å². The molecular formula is C13H13ClN6S. The number of anilines is 1. The Bertz CT molecular complexity index is 742. The lowest BCUT2D eigenvalue weighted by atomic mass is 10.4. The van der Waals surface area contributed by atoms with E-state index in [4.69, 9.17) is 11.6 Å². The van der Waals surface area contributed by atoms with Crippen molar-refractivity contribution in [3.63, 3.8) is 0 Å². The van der Waals surface area contributed by atoms with Crippen LogP contribution in [0.1, 0.15) is 13.3 Å². The highest BCUT2D eigenvalue weighted by Crippen LogP contribution is 2.30. The summed E-state index contributed by atoms with van der Waals surface area (Å²) in [4.78, 5) is 13.2. The van der Waals surface area contributed by atoms with Crippen LogP contribution in [0.15, 0.2) is 34.6 Å². The fourth-order valence-electron chi connectivity index (χ4n) is 1.72. The standard InChI is InChI=1S/C13H13ClN6S/c1-2-5-15-13-18-11-9(7-17-20-11)12(19-13)21-10-4-3-8(14)6-16-10/h3-4,6-7H,2,5H2,1H3,(H2,15,17,18,19,20). The smallest absolute Gasteiger partial charge is 0.225 e. The summed E-state index contributed by atoms with van der Waals surface area (Å²) in [5.74, 6) is 0.588. The Labute approximate surface area is 130 Å². The van der Waals surface area contributed by atoms with E-state index in [-0.39, 0.29) is 0 Å². The van der Waals surface area contributed by atoms with E-state index in [0.717, 1.165) is 28.4 Å². The largest absolute Gasteiger partial charge is 0.354 e. The second-order valence-corrected chi connectivity index (χ2v) is 5.77. The Hall–Kier alpha value is -1.86. The van der Waals surface area contributed by atoms with Gasteiger partial charge in [0.05, 0.1) is 16.6 Å². The van der Waals surface area contributed by atoms with E-state index in [1.807, 2.05) is 6.07 Å². The van der Waals surface area contributed by atoms with Gasteiger partial charge in [-0.3, -0.25) is 5.10 Å². The van der Waals surface area contributed by atoms with Crippen molar-refractivity contribution in [1.82, 2.24) is 25.1 Å². The van der Waals surface area contributed by atoms with Gasteiger partial charge < -0.3 is 5.32 Å². The summed E-state index contributed by atoms with van der Waals surface area (Å²) < 4.78 is 0. The first-order chi connectivity index (χ1) is 10.3. The molecule has 108 valence electrons. The number of aromatic amines is 1. The third-order valence-corrected chi connectivity index (χ3v) is 3.89. The number of halogens is 1. The molecule has 0 bridgehead atoms. The van der Waals surface area contributed by atoms with E-state index < -0.39 is 0 Å². The van der Waals surface area contributed by atoms with Gasteiger partial charge in [-0.2, -0.15) is 10.1 Å². The van der Waals surface area contributed by atoms with Crippen LogP contribution >= 0.6 is 23.4 Å². The summed E-state index contributed by atoms with van der Waals surface area (Å²) in [5, 5.41) is 13.2. The SMILES string of the molecule is CCCNc1nc(Sc2ccc(Cl)cn2)c2cn[nH]c2n1. The van der Waals surface area contributed by atoms with Crippen LogP contribution in [0, 0.1) is 0 Å². The number of H-pyrrole nitrogens is 1. The molecular weight excluding hydrogens is 308 g/mol. The predicted octanol–water partition coefficient (Wildman–Crippen LogP) is 3.37. The third kappa shape index (κ3) is 3.25. The minimum absolute atomic E-state index is 0.588. The minimum atomic E-state index is 0.588. The Morgan fingerprint density at radius 2 is 2.19 bits per heavy atom. The van der Waals surface area contributed by atoms with Crippen LogP contribution in [0.25, 0.3) is 11.0 Å². The molecule has 0 spiro atoms. The van der Waals surface area contributed by atoms with Gasteiger partial charge in [0.1, 0.15) is 10.1 Å². The highest BCUT2D eigenvalue weighted by molar-refractivity contribution is 7.99. The molecule has 0 aliphatic carbocycles. The van der Waals surface area contributed by atoms with Crippen molar-refractivity contribution in [1.29, 1.82) is 0 Å². The van der Waals surface area contributed by atoms with E-state index in [0.29, 0.717) is 16.6 Å². The van der Waals surface area contributed by atoms with Crippen LogP contribution in [-0.4, -0.2) is 31.7 Å². The highest BCUT2D eigenvalue weighted by atomic mass is 35.5. The van der Waals surface area contributed by atoms with Gasteiger partial charge in [0.15, 0.2) is 5.65 Å². The van der Waals surface area contributed by atoms with E-state index in [2.05, 4.69) is 37.4 Å². The number of fused-ring (bicyclic) bond motifs is 1. The Morgan fingerprint density at radius 3 is 2.95 bits per heavy atom. The maximum atomic E-state index is 5.85.